The van der Waals surface area contributed by atoms with E-state index in [2.05, 4.69) is 27.7 Å². The first-order valence-corrected chi connectivity index (χ1v) is 5.48. The summed E-state index contributed by atoms with van der Waals surface area (Å²) in [6.07, 6.45) is 4.59. The molecule has 0 aromatic rings. The van der Waals surface area contributed by atoms with Gasteiger partial charge in [-0.05, 0) is 48.3 Å². The highest BCUT2D eigenvalue weighted by molar-refractivity contribution is 4.97. The fourth-order valence-corrected chi connectivity index (χ4v) is 3.62. The molecule has 70 valence electrons. The molecule has 0 spiro atoms. The van der Waals surface area contributed by atoms with Crippen LogP contribution >= 0.6 is 0 Å². The average molecular weight is 166 g/mol. The van der Waals surface area contributed by atoms with Crippen LogP contribution in [0.2, 0.25) is 0 Å². The molecule has 0 heterocycles. The summed E-state index contributed by atoms with van der Waals surface area (Å²) in [5.74, 6) is 4.22. The highest BCUT2D eigenvalue weighted by Crippen LogP contribution is 2.56. The maximum Gasteiger partial charge on any atom is -0.0334 e. The van der Waals surface area contributed by atoms with E-state index in [1.807, 2.05) is 0 Å². The Balaban J connectivity index is 2.08. The normalized spacial score (nSPS) is 47.0. The molecular weight excluding hydrogens is 144 g/mol. The Labute approximate surface area is 76.7 Å². The molecule has 4 unspecified atom stereocenters. The lowest BCUT2D eigenvalue weighted by Crippen LogP contribution is -2.27. The minimum atomic E-state index is 0.569. The summed E-state index contributed by atoms with van der Waals surface area (Å²) < 4.78 is 0. The Morgan fingerprint density at radius 1 is 0.917 bits per heavy atom. The first-order valence-electron chi connectivity index (χ1n) is 5.48. The van der Waals surface area contributed by atoms with Gasteiger partial charge in [0.15, 0.2) is 0 Å². The highest BCUT2D eigenvalue weighted by atomic mass is 14.5. The van der Waals surface area contributed by atoms with Gasteiger partial charge in [0.25, 0.3) is 0 Å². The van der Waals surface area contributed by atoms with E-state index in [0.29, 0.717) is 5.41 Å². The Morgan fingerprint density at radius 2 is 1.58 bits per heavy atom. The van der Waals surface area contributed by atoms with Crippen molar-refractivity contribution >= 4 is 0 Å². The Kier molecular flexibility index (Phi) is 1.79. The van der Waals surface area contributed by atoms with Crippen LogP contribution in [-0.2, 0) is 0 Å². The number of hydrogen-bond donors (Lipinski definition) is 0. The lowest BCUT2D eigenvalue weighted by Gasteiger charge is -2.35. The van der Waals surface area contributed by atoms with Crippen LogP contribution in [-0.4, -0.2) is 0 Å². The van der Waals surface area contributed by atoms with Gasteiger partial charge in [0.1, 0.15) is 0 Å². The largest absolute Gasteiger partial charge is 0.0622 e. The minimum absolute atomic E-state index is 0.569. The van der Waals surface area contributed by atoms with Gasteiger partial charge in [0, 0.05) is 0 Å². The second-order valence-corrected chi connectivity index (χ2v) is 6.18. The molecule has 0 amide bonds. The fourth-order valence-electron chi connectivity index (χ4n) is 3.62. The molecule has 0 heteroatoms. The number of rotatable bonds is 0. The summed E-state index contributed by atoms with van der Waals surface area (Å²) in [6.45, 7) is 9.71. The fraction of sp³-hybridized carbons (Fsp3) is 1.00. The van der Waals surface area contributed by atoms with Crippen molar-refractivity contribution in [2.24, 2.45) is 29.1 Å². The monoisotopic (exact) mass is 166 g/mol. The van der Waals surface area contributed by atoms with Crippen molar-refractivity contribution in [3.8, 4) is 0 Å². The molecule has 0 aromatic heterocycles. The lowest BCUT2D eigenvalue weighted by atomic mass is 9.70. The van der Waals surface area contributed by atoms with E-state index >= 15 is 0 Å². The van der Waals surface area contributed by atoms with Crippen molar-refractivity contribution in [3.05, 3.63) is 0 Å². The first-order chi connectivity index (χ1) is 5.48. The lowest BCUT2D eigenvalue weighted by molar-refractivity contribution is 0.140. The third-order valence-corrected chi connectivity index (χ3v) is 4.32. The van der Waals surface area contributed by atoms with Crippen LogP contribution < -0.4 is 0 Å². The maximum absolute atomic E-state index is 2.45. The second-order valence-electron chi connectivity index (χ2n) is 6.18. The van der Waals surface area contributed by atoms with Crippen molar-refractivity contribution in [1.29, 1.82) is 0 Å². The average Bonchev–Trinajstić information content (AvgIpc) is 2.41. The zero-order valence-electron chi connectivity index (χ0n) is 8.93. The summed E-state index contributed by atoms with van der Waals surface area (Å²) in [7, 11) is 0. The maximum atomic E-state index is 2.45. The van der Waals surface area contributed by atoms with Crippen LogP contribution in [0.15, 0.2) is 0 Å². The zero-order chi connectivity index (χ0) is 8.93. The summed E-state index contributed by atoms with van der Waals surface area (Å²) >= 11 is 0. The highest BCUT2D eigenvalue weighted by Gasteiger charge is 2.47. The Bertz CT molecular complexity index is 173. The van der Waals surface area contributed by atoms with E-state index < -0.39 is 0 Å². The van der Waals surface area contributed by atoms with E-state index in [1.165, 1.54) is 12.8 Å². The van der Waals surface area contributed by atoms with E-state index in [0.717, 1.165) is 23.7 Å². The van der Waals surface area contributed by atoms with Crippen LogP contribution in [0, 0.1) is 29.1 Å². The van der Waals surface area contributed by atoms with Gasteiger partial charge in [-0.3, -0.25) is 0 Å². The van der Waals surface area contributed by atoms with E-state index in [1.54, 1.807) is 6.42 Å². The number of hydrogen-bond acceptors (Lipinski definition) is 0. The summed E-state index contributed by atoms with van der Waals surface area (Å²) in [5.41, 5.74) is 0.569. The van der Waals surface area contributed by atoms with Crippen LogP contribution in [0.25, 0.3) is 0 Å². The molecule has 0 nitrogen and oxygen atoms in total. The Hall–Kier alpha value is 0. The van der Waals surface area contributed by atoms with Gasteiger partial charge in [-0.15, -0.1) is 0 Å². The van der Waals surface area contributed by atoms with Gasteiger partial charge in [-0.25, -0.2) is 0 Å². The molecule has 0 N–H and O–H groups in total. The predicted molar refractivity (Wildman–Crippen MR) is 52.9 cm³/mol. The molecule has 12 heavy (non-hydrogen) atoms. The summed E-state index contributed by atoms with van der Waals surface area (Å²) in [4.78, 5) is 0. The molecule has 0 aliphatic heterocycles. The summed E-state index contributed by atoms with van der Waals surface area (Å²) in [6, 6.07) is 0. The third-order valence-electron chi connectivity index (χ3n) is 4.32. The zero-order valence-corrected chi connectivity index (χ0v) is 8.93. The van der Waals surface area contributed by atoms with Gasteiger partial charge >= 0.3 is 0 Å². The molecular formula is C12H22. The van der Waals surface area contributed by atoms with Crippen molar-refractivity contribution in [2.75, 3.05) is 0 Å². The van der Waals surface area contributed by atoms with Crippen LogP contribution in [0.1, 0.15) is 47.0 Å². The van der Waals surface area contributed by atoms with Crippen LogP contribution in [0.4, 0.5) is 0 Å². The SMILES string of the molecule is CC1CC2CC1CC2C(C)(C)C. The van der Waals surface area contributed by atoms with Crippen LogP contribution in [0.3, 0.4) is 0 Å². The van der Waals surface area contributed by atoms with Gasteiger partial charge in [-0.1, -0.05) is 27.7 Å². The molecule has 2 aliphatic rings. The number of fused-ring (bicyclic) bond motifs is 2. The molecule has 2 saturated carbocycles. The topological polar surface area (TPSA) is 0 Å². The van der Waals surface area contributed by atoms with Gasteiger partial charge < -0.3 is 0 Å². The van der Waals surface area contributed by atoms with Crippen molar-refractivity contribution < 1.29 is 0 Å². The molecule has 4 atom stereocenters. The van der Waals surface area contributed by atoms with Crippen molar-refractivity contribution in [3.63, 3.8) is 0 Å². The van der Waals surface area contributed by atoms with Gasteiger partial charge in [0.05, 0.1) is 0 Å². The van der Waals surface area contributed by atoms with E-state index in [-0.39, 0.29) is 0 Å². The third kappa shape index (κ3) is 1.20. The van der Waals surface area contributed by atoms with Crippen molar-refractivity contribution in [2.45, 2.75) is 47.0 Å². The summed E-state index contributed by atoms with van der Waals surface area (Å²) in [5, 5.41) is 0. The Morgan fingerprint density at radius 3 is 1.92 bits per heavy atom. The quantitative estimate of drug-likeness (QED) is 0.514. The standard InChI is InChI=1S/C12H22/c1-8-5-10-6-9(8)7-11(10)12(2,3)4/h8-11H,5-7H2,1-4H3. The van der Waals surface area contributed by atoms with Gasteiger partial charge in [-0.2, -0.15) is 0 Å². The molecule has 0 radical (unpaired) electrons. The van der Waals surface area contributed by atoms with E-state index in [4.69, 9.17) is 0 Å². The smallest absolute Gasteiger partial charge is 0.0334 e. The predicted octanol–water partition coefficient (Wildman–Crippen LogP) is 3.71. The second kappa shape index (κ2) is 2.49. The molecule has 2 fully saturated rings. The van der Waals surface area contributed by atoms with Crippen molar-refractivity contribution in [1.82, 2.24) is 0 Å². The molecule has 0 saturated heterocycles. The van der Waals surface area contributed by atoms with Gasteiger partial charge in [0.2, 0.25) is 0 Å². The first kappa shape index (κ1) is 8.59. The van der Waals surface area contributed by atoms with E-state index in [9.17, 15) is 0 Å². The molecule has 2 bridgehead atoms. The molecule has 0 aromatic carbocycles. The molecule has 2 aliphatic carbocycles. The van der Waals surface area contributed by atoms with Crippen LogP contribution in [0.5, 0.6) is 0 Å². The molecule has 2 rings (SSSR count). The minimum Gasteiger partial charge on any atom is -0.0622 e.